The molecule has 1 unspecified atom stereocenters. The highest BCUT2D eigenvalue weighted by Gasteiger charge is 2.44. The van der Waals surface area contributed by atoms with Gasteiger partial charge in [-0.3, -0.25) is 4.79 Å². The van der Waals surface area contributed by atoms with Crippen molar-refractivity contribution in [2.24, 2.45) is 0 Å². The van der Waals surface area contributed by atoms with E-state index in [0.29, 0.717) is 51.1 Å². The molecule has 9 nitrogen and oxygen atoms in total. The van der Waals surface area contributed by atoms with Gasteiger partial charge in [0.25, 0.3) is 5.91 Å². The number of fused-ring (bicyclic) bond motifs is 2. The molecule has 0 saturated carbocycles. The summed E-state index contributed by atoms with van der Waals surface area (Å²) in [6.45, 7) is 5.82. The summed E-state index contributed by atoms with van der Waals surface area (Å²) in [5, 5.41) is 10.2. The zero-order valence-corrected chi connectivity index (χ0v) is 25.9. The van der Waals surface area contributed by atoms with Crippen LogP contribution in [0.2, 0.25) is 0 Å². The van der Waals surface area contributed by atoms with E-state index in [-0.39, 0.29) is 36.7 Å². The highest BCUT2D eigenvalue weighted by atomic mass is 32.2. The molecule has 44 heavy (non-hydrogen) atoms. The molecule has 10 heteroatoms. The Kier molecular flexibility index (Phi) is 9.85. The smallest absolute Gasteiger partial charge is 0.340 e. The number of benzene rings is 2. The number of thioether (sulfide) groups is 1. The van der Waals surface area contributed by atoms with Crippen LogP contribution in [-0.4, -0.2) is 59.1 Å². The summed E-state index contributed by atoms with van der Waals surface area (Å²) in [4.78, 5) is 44.2. The average Bonchev–Trinajstić information content (AvgIpc) is 3.30. The number of nitriles is 1. The van der Waals surface area contributed by atoms with E-state index in [1.165, 1.54) is 17.8 Å². The largest absolute Gasteiger partial charge is 0.490 e. The van der Waals surface area contributed by atoms with E-state index in [1.54, 1.807) is 45.0 Å². The Hall–Kier alpha value is -4.36. The number of aromatic nitrogens is 1. The molecule has 2 aliphatic heterocycles. The van der Waals surface area contributed by atoms with Crippen LogP contribution < -0.4 is 4.74 Å². The zero-order valence-electron chi connectivity index (χ0n) is 25.1. The lowest BCUT2D eigenvalue weighted by Gasteiger charge is -2.39. The maximum atomic E-state index is 13.6. The number of hydrogen-bond donors (Lipinski definition) is 0. The number of hydrogen-bond acceptors (Lipinski definition) is 9. The SMILES string of the molecule is CCOC(=O)c1ccc(OC2C[C@H]3CC[C@@H](C2)N3C(=O)c2ccc(CSc3nc(C)c(C(=O)OCC)cc3C#N)cc2)cc1. The van der Waals surface area contributed by atoms with Gasteiger partial charge in [-0.25, -0.2) is 14.6 Å². The number of rotatable bonds is 10. The van der Waals surface area contributed by atoms with Gasteiger partial charge in [-0.05, 0) is 81.6 Å². The lowest BCUT2D eigenvalue weighted by molar-refractivity contribution is 0.0358. The van der Waals surface area contributed by atoms with Gasteiger partial charge in [0.1, 0.15) is 22.9 Å². The number of ether oxygens (including phenoxy) is 3. The van der Waals surface area contributed by atoms with Crippen molar-refractivity contribution in [3.63, 3.8) is 0 Å². The van der Waals surface area contributed by atoms with Gasteiger partial charge in [0, 0.05) is 36.2 Å². The highest BCUT2D eigenvalue weighted by molar-refractivity contribution is 7.98. The predicted octanol–water partition coefficient (Wildman–Crippen LogP) is 6.12. The van der Waals surface area contributed by atoms with Crippen LogP contribution in [0.15, 0.2) is 59.6 Å². The van der Waals surface area contributed by atoms with Crippen LogP contribution in [0.5, 0.6) is 5.75 Å². The van der Waals surface area contributed by atoms with Crippen LogP contribution in [-0.2, 0) is 15.2 Å². The number of piperidine rings is 1. The first-order valence-corrected chi connectivity index (χ1v) is 15.9. The number of aryl methyl sites for hydroxylation is 1. The summed E-state index contributed by atoms with van der Waals surface area (Å²) in [6, 6.07) is 18.5. The minimum atomic E-state index is -0.488. The topological polar surface area (TPSA) is 119 Å². The molecule has 1 aromatic heterocycles. The number of carbonyl (C=O) groups excluding carboxylic acids is 3. The molecule has 3 aromatic rings. The Morgan fingerprint density at radius 2 is 1.55 bits per heavy atom. The van der Waals surface area contributed by atoms with Gasteiger partial charge < -0.3 is 19.1 Å². The minimum absolute atomic E-state index is 0.00583. The molecule has 3 atom stereocenters. The summed E-state index contributed by atoms with van der Waals surface area (Å²) < 4.78 is 16.4. The van der Waals surface area contributed by atoms with Gasteiger partial charge in [-0.15, -0.1) is 11.8 Å². The number of nitrogens with zero attached hydrogens (tertiary/aromatic N) is 3. The first-order valence-electron chi connectivity index (χ1n) is 14.9. The molecular weight excluding hydrogens is 578 g/mol. The molecular formula is C34H35N3O6S. The van der Waals surface area contributed by atoms with Gasteiger partial charge in [-0.2, -0.15) is 5.26 Å². The first kappa shape index (κ1) is 31.1. The maximum Gasteiger partial charge on any atom is 0.340 e. The van der Waals surface area contributed by atoms with Crippen molar-refractivity contribution in [2.45, 2.75) is 75.4 Å². The molecule has 2 bridgehead atoms. The van der Waals surface area contributed by atoms with Gasteiger partial charge in [0.2, 0.25) is 0 Å². The van der Waals surface area contributed by atoms with Crippen LogP contribution in [0.1, 0.15) is 87.4 Å². The Labute approximate surface area is 261 Å². The molecule has 3 heterocycles. The van der Waals surface area contributed by atoms with E-state index in [1.807, 2.05) is 29.2 Å². The molecule has 2 fully saturated rings. The van der Waals surface area contributed by atoms with E-state index >= 15 is 0 Å². The molecule has 228 valence electrons. The minimum Gasteiger partial charge on any atom is -0.490 e. The van der Waals surface area contributed by atoms with Crippen LogP contribution in [0, 0.1) is 18.3 Å². The van der Waals surface area contributed by atoms with Gasteiger partial charge in [-0.1, -0.05) is 12.1 Å². The van der Waals surface area contributed by atoms with Gasteiger partial charge in [0.15, 0.2) is 0 Å². The van der Waals surface area contributed by atoms with Gasteiger partial charge >= 0.3 is 11.9 Å². The van der Waals surface area contributed by atoms with Crippen molar-refractivity contribution < 1.29 is 28.6 Å². The monoisotopic (exact) mass is 613 g/mol. The second-order valence-corrected chi connectivity index (χ2v) is 11.8. The summed E-state index contributed by atoms with van der Waals surface area (Å²) >= 11 is 1.41. The molecule has 2 saturated heterocycles. The molecule has 0 radical (unpaired) electrons. The fourth-order valence-corrected chi connectivity index (χ4v) is 6.82. The molecule has 2 aliphatic rings. The van der Waals surface area contributed by atoms with E-state index in [4.69, 9.17) is 14.2 Å². The van der Waals surface area contributed by atoms with Crippen LogP contribution in [0.3, 0.4) is 0 Å². The van der Waals surface area contributed by atoms with E-state index in [0.717, 1.165) is 31.2 Å². The standard InChI is InChI=1S/C34H35N3O6S/c1-4-41-33(39)24-10-14-28(15-11-24)43-29-17-26-12-13-27(18-29)37(26)32(38)23-8-6-22(7-9-23)20-44-31-25(19-35)16-30(21(3)36-31)34(40)42-5-2/h6-11,14-16,26-27,29H,4-5,12-13,17-18,20H2,1-3H3/t26-,27+,29?. The second-order valence-electron chi connectivity index (χ2n) is 10.8. The van der Waals surface area contributed by atoms with Crippen LogP contribution in [0.4, 0.5) is 0 Å². The van der Waals surface area contributed by atoms with Crippen molar-refractivity contribution in [1.82, 2.24) is 9.88 Å². The zero-order chi connectivity index (χ0) is 31.2. The maximum absolute atomic E-state index is 13.6. The Morgan fingerprint density at radius 1 is 0.932 bits per heavy atom. The molecule has 0 N–H and O–H groups in total. The lowest BCUT2D eigenvalue weighted by Crippen LogP contribution is -2.49. The number of carbonyl (C=O) groups is 3. The first-order chi connectivity index (χ1) is 21.3. The quantitative estimate of drug-likeness (QED) is 0.197. The Bertz CT molecular complexity index is 1550. The van der Waals surface area contributed by atoms with E-state index < -0.39 is 5.97 Å². The van der Waals surface area contributed by atoms with Crippen molar-refractivity contribution in [3.8, 4) is 11.8 Å². The van der Waals surface area contributed by atoms with Crippen molar-refractivity contribution in [2.75, 3.05) is 13.2 Å². The van der Waals surface area contributed by atoms with Crippen molar-refractivity contribution in [1.29, 1.82) is 5.26 Å². The highest BCUT2D eigenvalue weighted by Crippen LogP contribution is 2.38. The molecule has 1 amide bonds. The molecule has 5 rings (SSSR count). The third-order valence-corrected chi connectivity index (χ3v) is 9.03. The van der Waals surface area contributed by atoms with Crippen LogP contribution in [0.25, 0.3) is 0 Å². The summed E-state index contributed by atoms with van der Waals surface area (Å²) in [6.07, 6.45) is 3.44. The Balaban J connectivity index is 1.18. The summed E-state index contributed by atoms with van der Waals surface area (Å²) in [5.41, 5.74) is 3.27. The van der Waals surface area contributed by atoms with E-state index in [9.17, 15) is 19.6 Å². The third-order valence-electron chi connectivity index (χ3n) is 7.96. The lowest BCUT2D eigenvalue weighted by atomic mass is 9.98. The summed E-state index contributed by atoms with van der Waals surface area (Å²) in [5.74, 6) is 0.463. The average molecular weight is 614 g/mol. The number of pyridine rings is 1. The second kappa shape index (κ2) is 14.0. The summed E-state index contributed by atoms with van der Waals surface area (Å²) in [7, 11) is 0. The molecule has 0 aliphatic carbocycles. The number of amides is 1. The fourth-order valence-electron chi connectivity index (χ4n) is 5.86. The molecule has 2 aromatic carbocycles. The van der Waals surface area contributed by atoms with Gasteiger partial charge in [0.05, 0.1) is 35.6 Å². The number of esters is 2. The Morgan fingerprint density at radius 3 is 2.16 bits per heavy atom. The van der Waals surface area contributed by atoms with Crippen molar-refractivity contribution >= 4 is 29.6 Å². The van der Waals surface area contributed by atoms with Crippen molar-refractivity contribution in [3.05, 3.63) is 88.1 Å². The predicted molar refractivity (Wildman–Crippen MR) is 165 cm³/mol. The fraction of sp³-hybridized carbons (Fsp3) is 0.382. The molecule has 0 spiro atoms. The van der Waals surface area contributed by atoms with E-state index in [2.05, 4.69) is 11.1 Å². The third kappa shape index (κ3) is 6.89. The van der Waals surface area contributed by atoms with Crippen LogP contribution >= 0.6 is 11.8 Å². The normalized spacial score (nSPS) is 18.8.